The summed E-state index contributed by atoms with van der Waals surface area (Å²) in [4.78, 5) is 29.1. The molecule has 1 aromatic carbocycles. The van der Waals surface area contributed by atoms with Gasteiger partial charge in [0.05, 0.1) is 6.61 Å². The fourth-order valence-corrected chi connectivity index (χ4v) is 2.69. The fourth-order valence-electron chi connectivity index (χ4n) is 1.77. The molecule has 0 aliphatic heterocycles. The van der Waals surface area contributed by atoms with E-state index in [4.69, 9.17) is 9.57 Å². The number of benzene rings is 1. The highest BCUT2D eigenvalue weighted by molar-refractivity contribution is 7.17. The van der Waals surface area contributed by atoms with Crippen molar-refractivity contribution in [3.63, 3.8) is 0 Å². The monoisotopic (exact) mass is 321 g/mol. The third-order valence-corrected chi connectivity index (χ3v) is 3.82. The molecule has 22 heavy (non-hydrogen) atoms. The lowest BCUT2D eigenvalue weighted by Gasteiger charge is -2.20. The van der Waals surface area contributed by atoms with Crippen LogP contribution in [0.2, 0.25) is 0 Å². The molecule has 5 nitrogen and oxygen atoms in total. The van der Waals surface area contributed by atoms with E-state index in [1.165, 1.54) is 11.3 Å². The summed E-state index contributed by atoms with van der Waals surface area (Å²) in [6, 6.07) is 7.62. The number of carbonyl (C=O) groups is 2. The minimum atomic E-state index is -0.681. The maximum Gasteiger partial charge on any atom is 0.448 e. The summed E-state index contributed by atoms with van der Waals surface area (Å²) < 4.78 is 6.20. The number of hydrogen-bond donors (Lipinski definition) is 0. The number of fused-ring (bicyclic) bond motifs is 1. The number of ether oxygens (including phenoxy) is 1. The Hall–Kier alpha value is -2.08. The molecule has 0 radical (unpaired) electrons. The molecule has 118 valence electrons. The number of anilines is 1. The van der Waals surface area contributed by atoms with Gasteiger partial charge in [-0.2, -0.15) is 0 Å². The van der Waals surface area contributed by atoms with Crippen LogP contribution in [-0.4, -0.2) is 18.7 Å². The normalized spacial score (nSPS) is 10.7. The molecule has 1 aromatic heterocycles. The van der Waals surface area contributed by atoms with Gasteiger partial charge >= 0.3 is 12.1 Å². The van der Waals surface area contributed by atoms with Crippen molar-refractivity contribution in [2.24, 2.45) is 5.92 Å². The topological polar surface area (TPSA) is 55.8 Å². The Bertz CT molecular complexity index is 665. The lowest BCUT2D eigenvalue weighted by Crippen LogP contribution is -2.34. The molecule has 2 rings (SSSR count). The Labute approximate surface area is 133 Å². The molecule has 0 bridgehead atoms. The van der Waals surface area contributed by atoms with Crippen LogP contribution in [0.4, 0.5) is 10.5 Å². The van der Waals surface area contributed by atoms with E-state index in [0.29, 0.717) is 5.69 Å². The van der Waals surface area contributed by atoms with E-state index in [9.17, 15) is 9.59 Å². The van der Waals surface area contributed by atoms with Gasteiger partial charge in [-0.1, -0.05) is 39.0 Å². The number of rotatable bonds is 4. The van der Waals surface area contributed by atoms with Gasteiger partial charge in [0.15, 0.2) is 0 Å². The van der Waals surface area contributed by atoms with E-state index < -0.39 is 12.1 Å². The molecule has 0 atom stereocenters. The highest BCUT2D eigenvalue weighted by atomic mass is 32.1. The molecule has 0 spiro atoms. The predicted molar refractivity (Wildman–Crippen MR) is 86.9 cm³/mol. The third kappa shape index (κ3) is 3.76. The summed E-state index contributed by atoms with van der Waals surface area (Å²) in [6.45, 7) is 5.82. The molecule has 1 heterocycles. The summed E-state index contributed by atoms with van der Waals surface area (Å²) in [7, 11) is 0. The highest BCUT2D eigenvalue weighted by Crippen LogP contribution is 2.33. The zero-order valence-electron chi connectivity index (χ0n) is 12.9. The molecule has 1 amide bonds. The number of hydroxylamine groups is 1. The Kier molecular flexibility index (Phi) is 5.38. The first-order chi connectivity index (χ1) is 10.5. The van der Waals surface area contributed by atoms with Gasteiger partial charge in [0.25, 0.3) is 0 Å². The van der Waals surface area contributed by atoms with Crippen molar-refractivity contribution in [1.82, 2.24) is 0 Å². The van der Waals surface area contributed by atoms with Crippen LogP contribution < -0.4 is 5.06 Å². The van der Waals surface area contributed by atoms with Crippen molar-refractivity contribution in [1.29, 1.82) is 0 Å². The van der Waals surface area contributed by atoms with Gasteiger partial charge in [0.1, 0.15) is 5.69 Å². The Morgan fingerprint density at radius 2 is 2.00 bits per heavy atom. The molecular formula is C16H19NO4S. The van der Waals surface area contributed by atoms with Crippen molar-refractivity contribution >= 4 is 39.2 Å². The average Bonchev–Trinajstić information content (AvgIpc) is 2.93. The van der Waals surface area contributed by atoms with Gasteiger partial charge in [0.2, 0.25) is 0 Å². The predicted octanol–water partition coefficient (Wildman–Crippen LogP) is 4.37. The lowest BCUT2D eigenvalue weighted by molar-refractivity contribution is -0.144. The molecular weight excluding hydrogens is 302 g/mol. The Morgan fingerprint density at radius 1 is 1.27 bits per heavy atom. The van der Waals surface area contributed by atoms with E-state index >= 15 is 0 Å². The number of thiophene rings is 1. The van der Waals surface area contributed by atoms with Crippen LogP contribution in [0.1, 0.15) is 27.2 Å². The van der Waals surface area contributed by atoms with Crippen molar-refractivity contribution in [2.75, 3.05) is 11.7 Å². The first kappa shape index (κ1) is 16.3. The largest absolute Gasteiger partial charge is 0.448 e. The van der Waals surface area contributed by atoms with E-state index in [1.54, 1.807) is 12.3 Å². The molecule has 2 aromatic rings. The van der Waals surface area contributed by atoms with Crippen LogP contribution in [0, 0.1) is 5.92 Å². The van der Waals surface area contributed by atoms with Crippen LogP contribution in [0.25, 0.3) is 10.1 Å². The summed E-state index contributed by atoms with van der Waals surface area (Å²) in [5, 5.41) is 3.58. The van der Waals surface area contributed by atoms with Crippen molar-refractivity contribution in [3.05, 3.63) is 29.6 Å². The van der Waals surface area contributed by atoms with Crippen molar-refractivity contribution in [2.45, 2.75) is 27.2 Å². The second-order valence-corrected chi connectivity index (χ2v) is 6.11. The zero-order chi connectivity index (χ0) is 16.1. The van der Waals surface area contributed by atoms with Gasteiger partial charge in [-0.3, -0.25) is 0 Å². The van der Waals surface area contributed by atoms with Gasteiger partial charge < -0.3 is 9.57 Å². The molecule has 0 aliphatic carbocycles. The minimum Gasteiger partial charge on any atom is -0.447 e. The maximum absolute atomic E-state index is 12.3. The quantitative estimate of drug-likeness (QED) is 0.785. The molecule has 6 heteroatoms. The third-order valence-electron chi connectivity index (χ3n) is 2.87. The zero-order valence-corrected chi connectivity index (χ0v) is 13.7. The van der Waals surface area contributed by atoms with E-state index in [2.05, 4.69) is 0 Å². The molecule has 0 aliphatic rings. The highest BCUT2D eigenvalue weighted by Gasteiger charge is 2.25. The second-order valence-electron chi connectivity index (χ2n) is 5.20. The summed E-state index contributed by atoms with van der Waals surface area (Å²) in [5.74, 6) is -0.288. The van der Waals surface area contributed by atoms with Crippen LogP contribution in [0.15, 0.2) is 29.6 Å². The number of amides is 1. The molecule has 0 N–H and O–H groups in total. The number of nitrogens with zero attached hydrogens (tertiary/aromatic N) is 1. The van der Waals surface area contributed by atoms with Gasteiger partial charge in [-0.15, -0.1) is 16.4 Å². The van der Waals surface area contributed by atoms with Crippen molar-refractivity contribution in [3.8, 4) is 0 Å². The van der Waals surface area contributed by atoms with Crippen molar-refractivity contribution < 1.29 is 19.2 Å². The van der Waals surface area contributed by atoms with Crippen LogP contribution in [0.3, 0.4) is 0 Å². The summed E-state index contributed by atoms with van der Waals surface area (Å²) in [6.07, 6.45) is -0.505. The van der Waals surface area contributed by atoms with Gasteiger partial charge in [-0.05, 0) is 12.0 Å². The van der Waals surface area contributed by atoms with Crippen LogP contribution in [0.5, 0.6) is 0 Å². The van der Waals surface area contributed by atoms with E-state index in [0.717, 1.165) is 15.1 Å². The number of hydrogen-bond acceptors (Lipinski definition) is 5. The fraction of sp³-hybridized carbons (Fsp3) is 0.375. The summed E-state index contributed by atoms with van der Waals surface area (Å²) >= 11 is 1.48. The first-order valence-corrected chi connectivity index (χ1v) is 8.04. The molecule has 0 saturated heterocycles. The Morgan fingerprint density at radius 3 is 2.68 bits per heavy atom. The van der Waals surface area contributed by atoms with E-state index in [1.807, 2.05) is 38.1 Å². The van der Waals surface area contributed by atoms with Crippen LogP contribution in [-0.2, 0) is 14.4 Å². The second kappa shape index (κ2) is 7.26. The Balaban J connectivity index is 2.31. The van der Waals surface area contributed by atoms with Gasteiger partial charge in [0, 0.05) is 21.9 Å². The standard InChI is InChI=1S/C16H19NO4S/c1-4-15(18)21-17(16(19)20-9-11(2)3)13-10-22-14-8-6-5-7-12(13)14/h5-8,10-11H,4,9H2,1-3H3. The average molecular weight is 321 g/mol. The van der Waals surface area contributed by atoms with Gasteiger partial charge in [-0.25, -0.2) is 9.59 Å². The molecule has 0 unspecified atom stereocenters. The lowest BCUT2D eigenvalue weighted by atomic mass is 10.2. The minimum absolute atomic E-state index is 0.177. The smallest absolute Gasteiger partial charge is 0.447 e. The first-order valence-electron chi connectivity index (χ1n) is 7.16. The molecule has 0 saturated carbocycles. The SMILES string of the molecule is CCC(=O)ON(C(=O)OCC(C)C)c1csc2ccccc12. The molecule has 0 fully saturated rings. The van der Waals surface area contributed by atoms with Crippen LogP contribution >= 0.6 is 11.3 Å². The summed E-state index contributed by atoms with van der Waals surface area (Å²) in [5.41, 5.74) is 0.524. The number of carbonyl (C=O) groups excluding carboxylic acids is 2. The van der Waals surface area contributed by atoms with E-state index in [-0.39, 0.29) is 18.9 Å². The maximum atomic E-state index is 12.3.